The van der Waals surface area contributed by atoms with Crippen molar-refractivity contribution < 1.29 is 14.6 Å². The normalized spacial score (nSPS) is 17.1. The number of phenols is 1. The Balaban J connectivity index is 1.68. The second-order valence-corrected chi connectivity index (χ2v) is 4.90. The lowest BCUT2D eigenvalue weighted by molar-refractivity contribution is 0.247. The number of hydrogen-bond acceptors (Lipinski definition) is 3. The van der Waals surface area contributed by atoms with Crippen LogP contribution in [0.25, 0.3) is 0 Å². The van der Waals surface area contributed by atoms with Crippen LogP contribution in [0.1, 0.15) is 17.2 Å². The van der Waals surface area contributed by atoms with Gasteiger partial charge >= 0.3 is 6.03 Å². The number of carbonyl (C=O) groups is 1. The summed E-state index contributed by atoms with van der Waals surface area (Å²) in [7, 11) is 0. The monoisotopic (exact) mass is 284 g/mol. The number of urea groups is 1. The Morgan fingerprint density at radius 1 is 1.19 bits per heavy atom. The number of benzene rings is 2. The van der Waals surface area contributed by atoms with E-state index in [0.717, 1.165) is 5.56 Å². The Labute approximate surface area is 122 Å². The highest BCUT2D eigenvalue weighted by Crippen LogP contribution is 2.29. The van der Waals surface area contributed by atoms with Gasteiger partial charge in [-0.2, -0.15) is 0 Å². The molecule has 0 radical (unpaired) electrons. The van der Waals surface area contributed by atoms with Gasteiger partial charge in [0.15, 0.2) is 0 Å². The van der Waals surface area contributed by atoms with E-state index >= 15 is 0 Å². The molecule has 1 heterocycles. The van der Waals surface area contributed by atoms with Crippen molar-refractivity contribution in [2.24, 2.45) is 0 Å². The van der Waals surface area contributed by atoms with Crippen LogP contribution in [0, 0.1) is 0 Å². The molecule has 5 heteroatoms. The molecule has 3 N–H and O–H groups in total. The highest BCUT2D eigenvalue weighted by molar-refractivity contribution is 5.77. The molecule has 2 aromatic carbocycles. The van der Waals surface area contributed by atoms with Crippen molar-refractivity contribution >= 4 is 6.03 Å². The number of carbonyl (C=O) groups excluding carboxylic acids is 1. The molecule has 108 valence electrons. The molecule has 1 saturated heterocycles. The van der Waals surface area contributed by atoms with Crippen LogP contribution in [0.5, 0.6) is 11.5 Å². The summed E-state index contributed by atoms with van der Waals surface area (Å²) in [5.41, 5.74) is 1.74. The Bertz CT molecular complexity index is 643. The van der Waals surface area contributed by atoms with Gasteiger partial charge in [0.05, 0.1) is 6.04 Å². The topological polar surface area (TPSA) is 70.6 Å². The number of hydrogen-bond donors (Lipinski definition) is 3. The van der Waals surface area contributed by atoms with Crippen LogP contribution < -0.4 is 15.4 Å². The summed E-state index contributed by atoms with van der Waals surface area (Å²) >= 11 is 0. The van der Waals surface area contributed by atoms with Crippen molar-refractivity contribution in [3.05, 3.63) is 59.7 Å². The van der Waals surface area contributed by atoms with Crippen LogP contribution in [-0.2, 0) is 6.61 Å². The van der Waals surface area contributed by atoms with Gasteiger partial charge in [0.2, 0.25) is 0 Å². The molecule has 0 aromatic heterocycles. The van der Waals surface area contributed by atoms with E-state index in [1.807, 2.05) is 30.3 Å². The molecule has 1 fully saturated rings. The Morgan fingerprint density at radius 2 is 2.00 bits per heavy atom. The van der Waals surface area contributed by atoms with Gasteiger partial charge in [-0.3, -0.25) is 0 Å². The van der Waals surface area contributed by atoms with Crippen LogP contribution >= 0.6 is 0 Å². The third-order valence-electron chi connectivity index (χ3n) is 3.40. The Kier molecular flexibility index (Phi) is 3.64. The third-order valence-corrected chi connectivity index (χ3v) is 3.40. The van der Waals surface area contributed by atoms with Crippen LogP contribution in [0.2, 0.25) is 0 Å². The molecule has 0 bridgehead atoms. The van der Waals surface area contributed by atoms with E-state index in [9.17, 15) is 9.90 Å². The average Bonchev–Trinajstić information content (AvgIpc) is 2.92. The Morgan fingerprint density at radius 3 is 2.67 bits per heavy atom. The summed E-state index contributed by atoms with van der Waals surface area (Å²) in [6.45, 7) is 0.915. The fourth-order valence-electron chi connectivity index (χ4n) is 2.29. The number of phenolic OH excluding ortho intramolecular Hbond substituents is 1. The zero-order valence-corrected chi connectivity index (χ0v) is 11.4. The molecular formula is C16H16N2O3. The predicted octanol–water partition coefficient (Wildman–Crippen LogP) is 2.33. The molecule has 1 aliphatic rings. The Hall–Kier alpha value is -2.69. The summed E-state index contributed by atoms with van der Waals surface area (Å²) in [5.74, 6) is 0.715. The first-order valence-corrected chi connectivity index (χ1v) is 6.76. The zero-order chi connectivity index (χ0) is 14.7. The van der Waals surface area contributed by atoms with Crippen molar-refractivity contribution in [3.63, 3.8) is 0 Å². The van der Waals surface area contributed by atoms with E-state index in [4.69, 9.17) is 4.74 Å². The second-order valence-electron chi connectivity index (χ2n) is 4.90. The van der Waals surface area contributed by atoms with Gasteiger partial charge in [0, 0.05) is 18.2 Å². The molecule has 5 nitrogen and oxygen atoms in total. The molecule has 2 aromatic rings. The van der Waals surface area contributed by atoms with Gasteiger partial charge in [0.25, 0.3) is 0 Å². The third kappa shape index (κ3) is 3.08. The van der Waals surface area contributed by atoms with Crippen LogP contribution in [0.3, 0.4) is 0 Å². The maximum Gasteiger partial charge on any atom is 0.315 e. The standard InChI is InChI=1S/C16H16N2O3/c19-15-8-12(21-10-11-4-2-1-3-5-11)6-7-13(15)14-9-17-16(20)18-14/h1-8,14,19H,9-10H2,(H2,17,18,20)/t14-/m1/s1. The molecule has 21 heavy (non-hydrogen) atoms. The fraction of sp³-hybridized carbons (Fsp3) is 0.188. The number of nitrogens with one attached hydrogen (secondary N) is 2. The van der Waals surface area contributed by atoms with Gasteiger partial charge < -0.3 is 20.5 Å². The number of aromatic hydroxyl groups is 1. The highest BCUT2D eigenvalue weighted by atomic mass is 16.5. The van der Waals surface area contributed by atoms with Gasteiger partial charge in [0.1, 0.15) is 18.1 Å². The second kappa shape index (κ2) is 5.75. The van der Waals surface area contributed by atoms with E-state index in [2.05, 4.69) is 10.6 Å². The maximum atomic E-state index is 11.1. The number of rotatable bonds is 4. The summed E-state index contributed by atoms with van der Waals surface area (Å²) in [5, 5.41) is 15.5. The van der Waals surface area contributed by atoms with E-state index in [-0.39, 0.29) is 17.8 Å². The highest BCUT2D eigenvalue weighted by Gasteiger charge is 2.24. The van der Waals surface area contributed by atoms with E-state index in [1.165, 1.54) is 0 Å². The van der Waals surface area contributed by atoms with Crippen molar-refractivity contribution in [2.75, 3.05) is 6.54 Å². The summed E-state index contributed by atoms with van der Waals surface area (Å²) < 4.78 is 5.65. The molecular weight excluding hydrogens is 268 g/mol. The van der Waals surface area contributed by atoms with E-state index in [0.29, 0.717) is 24.5 Å². The first-order chi connectivity index (χ1) is 10.2. The van der Waals surface area contributed by atoms with Crippen LogP contribution in [0.4, 0.5) is 4.79 Å². The minimum Gasteiger partial charge on any atom is -0.507 e. The minimum absolute atomic E-state index is 0.120. The lowest BCUT2D eigenvalue weighted by atomic mass is 10.1. The van der Waals surface area contributed by atoms with E-state index < -0.39 is 0 Å². The smallest absolute Gasteiger partial charge is 0.315 e. The first kappa shape index (κ1) is 13.3. The van der Waals surface area contributed by atoms with Gasteiger partial charge in [-0.1, -0.05) is 30.3 Å². The largest absolute Gasteiger partial charge is 0.507 e. The van der Waals surface area contributed by atoms with Gasteiger partial charge in [-0.05, 0) is 17.7 Å². The molecule has 0 spiro atoms. The molecule has 3 rings (SSSR count). The van der Waals surface area contributed by atoms with Crippen molar-refractivity contribution in [3.8, 4) is 11.5 Å². The van der Waals surface area contributed by atoms with Gasteiger partial charge in [-0.15, -0.1) is 0 Å². The van der Waals surface area contributed by atoms with Crippen molar-refractivity contribution in [1.29, 1.82) is 0 Å². The molecule has 0 aliphatic carbocycles. The SMILES string of the molecule is O=C1NC[C@H](c2ccc(OCc3ccccc3)cc2O)N1. The molecule has 0 unspecified atom stereocenters. The van der Waals surface area contributed by atoms with Crippen LogP contribution in [0.15, 0.2) is 48.5 Å². The lowest BCUT2D eigenvalue weighted by Gasteiger charge is -2.13. The average molecular weight is 284 g/mol. The summed E-state index contributed by atoms with van der Waals surface area (Å²) in [4.78, 5) is 11.1. The fourth-order valence-corrected chi connectivity index (χ4v) is 2.29. The lowest BCUT2D eigenvalue weighted by Crippen LogP contribution is -2.21. The van der Waals surface area contributed by atoms with Crippen LogP contribution in [-0.4, -0.2) is 17.7 Å². The van der Waals surface area contributed by atoms with E-state index in [1.54, 1.807) is 18.2 Å². The van der Waals surface area contributed by atoms with Gasteiger partial charge in [-0.25, -0.2) is 4.79 Å². The first-order valence-electron chi connectivity index (χ1n) is 6.76. The van der Waals surface area contributed by atoms with Crippen molar-refractivity contribution in [2.45, 2.75) is 12.6 Å². The molecule has 0 saturated carbocycles. The molecule has 1 atom stereocenters. The quantitative estimate of drug-likeness (QED) is 0.807. The summed E-state index contributed by atoms with van der Waals surface area (Å²) in [6.07, 6.45) is 0. The predicted molar refractivity (Wildman–Crippen MR) is 78.2 cm³/mol. The van der Waals surface area contributed by atoms with Crippen molar-refractivity contribution in [1.82, 2.24) is 10.6 Å². The molecule has 1 aliphatic heterocycles. The summed E-state index contributed by atoms with van der Waals surface area (Å²) in [6, 6.07) is 14.5. The number of ether oxygens (including phenoxy) is 1. The minimum atomic E-state index is -0.219. The zero-order valence-electron chi connectivity index (χ0n) is 11.4. The number of amides is 2. The molecule has 2 amide bonds. The maximum absolute atomic E-state index is 11.1.